The highest BCUT2D eigenvalue weighted by molar-refractivity contribution is 6.07. The Balaban J connectivity index is 3.30. The molecule has 90 valence electrons. The maximum Gasteiger partial charge on any atom is 0.311 e. The van der Waals surface area contributed by atoms with E-state index >= 15 is 0 Å². The topological polar surface area (TPSA) is 97.5 Å². The summed E-state index contributed by atoms with van der Waals surface area (Å²) in [7, 11) is 0. The summed E-state index contributed by atoms with van der Waals surface area (Å²) < 4.78 is 25.6. The van der Waals surface area contributed by atoms with E-state index in [0.717, 1.165) is 0 Å². The third-order valence-electron chi connectivity index (χ3n) is 1.85. The van der Waals surface area contributed by atoms with Crippen molar-refractivity contribution in [3.05, 3.63) is 39.4 Å². The molecule has 1 aromatic rings. The van der Waals surface area contributed by atoms with Gasteiger partial charge in [-0.1, -0.05) is 0 Å². The molecular formula is C9H5F2NO5. The van der Waals surface area contributed by atoms with Gasteiger partial charge in [-0.25, -0.2) is 8.78 Å². The third kappa shape index (κ3) is 2.80. The number of halogens is 2. The standard InChI is InChI=1S/C9H5F2NO5/c10-5-1-4(8(13)3-9(14)15)7(12(16)17)2-6(5)11/h1-2H,3H2,(H,14,15). The number of hydrogen-bond donors (Lipinski definition) is 1. The van der Waals surface area contributed by atoms with Crippen LogP contribution in [0.5, 0.6) is 0 Å². The van der Waals surface area contributed by atoms with Gasteiger partial charge < -0.3 is 5.11 Å². The lowest BCUT2D eigenvalue weighted by Crippen LogP contribution is -2.10. The first-order valence-electron chi connectivity index (χ1n) is 4.21. The van der Waals surface area contributed by atoms with Crippen molar-refractivity contribution >= 4 is 17.4 Å². The van der Waals surface area contributed by atoms with Crippen LogP contribution in [0.25, 0.3) is 0 Å². The molecule has 1 rings (SSSR count). The highest BCUT2D eigenvalue weighted by Crippen LogP contribution is 2.23. The van der Waals surface area contributed by atoms with Gasteiger partial charge in [0.25, 0.3) is 5.69 Å². The average molecular weight is 245 g/mol. The monoisotopic (exact) mass is 245 g/mol. The van der Waals surface area contributed by atoms with E-state index in [-0.39, 0.29) is 6.07 Å². The zero-order valence-corrected chi connectivity index (χ0v) is 8.15. The zero-order chi connectivity index (χ0) is 13.2. The summed E-state index contributed by atoms with van der Waals surface area (Å²) in [4.78, 5) is 30.9. The lowest BCUT2D eigenvalue weighted by atomic mass is 10.1. The van der Waals surface area contributed by atoms with Gasteiger partial charge in [-0.05, 0) is 6.07 Å². The van der Waals surface area contributed by atoms with Gasteiger partial charge in [0, 0.05) is 0 Å². The first kappa shape index (κ1) is 12.7. The van der Waals surface area contributed by atoms with E-state index in [9.17, 15) is 28.5 Å². The average Bonchev–Trinajstić information content (AvgIpc) is 2.19. The molecule has 17 heavy (non-hydrogen) atoms. The largest absolute Gasteiger partial charge is 0.481 e. The highest BCUT2D eigenvalue weighted by Gasteiger charge is 2.24. The van der Waals surface area contributed by atoms with Gasteiger partial charge in [-0.15, -0.1) is 0 Å². The van der Waals surface area contributed by atoms with Crippen molar-refractivity contribution in [2.75, 3.05) is 0 Å². The first-order valence-corrected chi connectivity index (χ1v) is 4.21. The Morgan fingerprint density at radius 2 is 1.82 bits per heavy atom. The third-order valence-corrected chi connectivity index (χ3v) is 1.85. The molecule has 0 fully saturated rings. The summed E-state index contributed by atoms with van der Waals surface area (Å²) in [6.07, 6.45) is -1.04. The molecule has 0 unspecified atom stereocenters. The van der Waals surface area contributed by atoms with Gasteiger partial charge >= 0.3 is 5.97 Å². The van der Waals surface area contributed by atoms with Gasteiger partial charge in [-0.3, -0.25) is 19.7 Å². The number of carbonyl (C=O) groups excluding carboxylic acids is 1. The maximum absolute atomic E-state index is 12.8. The normalized spacial score (nSPS) is 10.0. The molecule has 0 heterocycles. The zero-order valence-electron chi connectivity index (χ0n) is 8.15. The Hall–Kier alpha value is -2.38. The van der Waals surface area contributed by atoms with Crippen LogP contribution in [0.15, 0.2) is 12.1 Å². The molecule has 0 aliphatic carbocycles. The summed E-state index contributed by atoms with van der Waals surface area (Å²) in [5.74, 6) is -5.62. The van der Waals surface area contributed by atoms with E-state index in [0.29, 0.717) is 6.07 Å². The number of rotatable bonds is 4. The fraction of sp³-hybridized carbons (Fsp3) is 0.111. The number of carbonyl (C=O) groups is 2. The van der Waals surface area contributed by atoms with Crippen LogP contribution in [-0.2, 0) is 4.79 Å². The number of nitro benzene ring substituents is 1. The summed E-state index contributed by atoms with van der Waals surface area (Å²) in [5, 5.41) is 18.8. The Labute approximate surface area is 92.6 Å². The molecule has 0 saturated carbocycles. The number of benzene rings is 1. The summed E-state index contributed by atoms with van der Waals surface area (Å²) >= 11 is 0. The molecular weight excluding hydrogens is 240 g/mol. The van der Waals surface area contributed by atoms with Crippen molar-refractivity contribution in [1.82, 2.24) is 0 Å². The number of aliphatic carboxylic acids is 1. The second kappa shape index (κ2) is 4.64. The predicted octanol–water partition coefficient (Wildman–Crippen LogP) is 1.53. The molecule has 0 spiro atoms. The van der Waals surface area contributed by atoms with E-state index < -0.39 is 46.0 Å². The van der Waals surface area contributed by atoms with Crippen molar-refractivity contribution in [2.24, 2.45) is 0 Å². The summed E-state index contributed by atoms with van der Waals surface area (Å²) in [5.41, 5.74) is -1.73. The molecule has 8 heteroatoms. The van der Waals surface area contributed by atoms with Crippen molar-refractivity contribution in [2.45, 2.75) is 6.42 Å². The van der Waals surface area contributed by atoms with Crippen LogP contribution in [0.4, 0.5) is 14.5 Å². The van der Waals surface area contributed by atoms with Crippen molar-refractivity contribution in [3.8, 4) is 0 Å². The minimum absolute atomic E-state index is 0.240. The number of nitro groups is 1. The van der Waals surface area contributed by atoms with Gasteiger partial charge in [0.15, 0.2) is 17.4 Å². The fourth-order valence-corrected chi connectivity index (χ4v) is 1.14. The smallest absolute Gasteiger partial charge is 0.311 e. The number of carboxylic acids is 1. The van der Waals surface area contributed by atoms with Crippen LogP contribution in [0.2, 0.25) is 0 Å². The molecule has 0 aliphatic rings. The van der Waals surface area contributed by atoms with E-state index in [4.69, 9.17) is 5.11 Å². The summed E-state index contributed by atoms with van der Waals surface area (Å²) in [6.45, 7) is 0. The Kier molecular flexibility index (Phi) is 3.46. The lowest BCUT2D eigenvalue weighted by Gasteiger charge is -2.01. The minimum atomic E-state index is -1.52. The lowest BCUT2D eigenvalue weighted by molar-refractivity contribution is -0.385. The molecule has 1 N–H and O–H groups in total. The van der Waals surface area contributed by atoms with Gasteiger partial charge in [-0.2, -0.15) is 0 Å². The minimum Gasteiger partial charge on any atom is -0.481 e. The van der Waals surface area contributed by atoms with Crippen LogP contribution in [0.3, 0.4) is 0 Å². The van der Waals surface area contributed by atoms with Crippen molar-refractivity contribution in [1.29, 1.82) is 0 Å². The van der Waals surface area contributed by atoms with Gasteiger partial charge in [0.1, 0.15) is 6.42 Å². The van der Waals surface area contributed by atoms with E-state index in [1.165, 1.54) is 0 Å². The van der Waals surface area contributed by atoms with Crippen molar-refractivity contribution < 1.29 is 28.4 Å². The molecule has 1 aromatic carbocycles. The number of Topliss-reactive ketones (excluding diaryl/α,β-unsaturated/α-hetero) is 1. The van der Waals surface area contributed by atoms with E-state index in [2.05, 4.69) is 0 Å². The molecule has 0 bridgehead atoms. The van der Waals surface area contributed by atoms with E-state index in [1.54, 1.807) is 0 Å². The molecule has 6 nitrogen and oxygen atoms in total. The number of nitrogens with zero attached hydrogens (tertiary/aromatic N) is 1. The molecule has 0 aliphatic heterocycles. The second-order valence-corrected chi connectivity index (χ2v) is 3.03. The highest BCUT2D eigenvalue weighted by atomic mass is 19.2. The Morgan fingerprint density at radius 1 is 1.29 bits per heavy atom. The summed E-state index contributed by atoms with van der Waals surface area (Å²) in [6, 6.07) is 0.559. The van der Waals surface area contributed by atoms with Gasteiger partial charge in [0.05, 0.1) is 16.6 Å². The maximum atomic E-state index is 12.8. The van der Waals surface area contributed by atoms with Crippen molar-refractivity contribution in [3.63, 3.8) is 0 Å². The van der Waals surface area contributed by atoms with Crippen LogP contribution >= 0.6 is 0 Å². The molecule has 0 saturated heterocycles. The Bertz CT molecular complexity index is 514. The van der Waals surface area contributed by atoms with Crippen LogP contribution in [0.1, 0.15) is 16.8 Å². The predicted molar refractivity (Wildman–Crippen MR) is 49.6 cm³/mol. The fourth-order valence-electron chi connectivity index (χ4n) is 1.14. The van der Waals surface area contributed by atoms with Crippen LogP contribution in [0, 0.1) is 21.7 Å². The first-order chi connectivity index (χ1) is 7.82. The molecule has 0 aromatic heterocycles. The number of carboxylic acid groups (broad SMARTS) is 1. The molecule has 0 atom stereocenters. The van der Waals surface area contributed by atoms with E-state index in [1.807, 2.05) is 0 Å². The van der Waals surface area contributed by atoms with Crippen LogP contribution in [-0.4, -0.2) is 21.8 Å². The molecule has 0 radical (unpaired) electrons. The Morgan fingerprint density at radius 3 is 2.29 bits per heavy atom. The number of hydrogen-bond acceptors (Lipinski definition) is 4. The number of ketones is 1. The molecule has 0 amide bonds. The second-order valence-electron chi connectivity index (χ2n) is 3.03. The van der Waals surface area contributed by atoms with Gasteiger partial charge in [0.2, 0.25) is 0 Å². The van der Waals surface area contributed by atoms with Crippen LogP contribution < -0.4 is 0 Å². The SMILES string of the molecule is O=C(O)CC(=O)c1cc(F)c(F)cc1[N+](=O)[O-]. The quantitative estimate of drug-likeness (QED) is 0.375.